The van der Waals surface area contributed by atoms with Gasteiger partial charge in [0.1, 0.15) is 5.52 Å². The molecular formula is C12H14N2O3. The first kappa shape index (κ1) is 11.4. The Morgan fingerprint density at radius 3 is 3.12 bits per heavy atom. The molecule has 2 rings (SSSR count). The molecule has 0 saturated carbocycles. The smallest absolute Gasteiger partial charge is 0.406 e. The minimum Gasteiger partial charge on any atom is -0.453 e. The normalized spacial score (nSPS) is 10.5. The maximum Gasteiger partial charge on any atom is 0.406 e. The van der Waals surface area contributed by atoms with Crippen LogP contribution in [0.2, 0.25) is 0 Å². The van der Waals surface area contributed by atoms with Crippen LogP contribution in [0.15, 0.2) is 22.6 Å². The van der Waals surface area contributed by atoms with Gasteiger partial charge in [0.15, 0.2) is 11.5 Å². The topological polar surface area (TPSA) is 64.4 Å². The van der Waals surface area contributed by atoms with Crippen molar-refractivity contribution in [2.45, 2.75) is 13.3 Å². The highest BCUT2D eigenvalue weighted by atomic mass is 16.5. The number of nitrogens with one attached hydrogen (secondary N) is 1. The average Bonchev–Trinajstić information content (AvgIpc) is 2.68. The van der Waals surface area contributed by atoms with Gasteiger partial charge in [-0.1, -0.05) is 6.07 Å². The number of carbonyl (C=O) groups excluding carboxylic acids is 1. The number of aromatic nitrogens is 1. The van der Waals surface area contributed by atoms with Crippen LogP contribution in [0.4, 0.5) is 4.79 Å². The molecule has 1 amide bonds. The number of rotatable bonds is 3. The van der Waals surface area contributed by atoms with Crippen molar-refractivity contribution in [1.82, 2.24) is 10.3 Å². The second-order valence-electron chi connectivity index (χ2n) is 3.70. The molecule has 0 fully saturated rings. The summed E-state index contributed by atoms with van der Waals surface area (Å²) in [5.41, 5.74) is 2.72. The second-order valence-corrected chi connectivity index (χ2v) is 3.70. The first-order valence-corrected chi connectivity index (χ1v) is 5.37. The third kappa shape index (κ3) is 2.75. The Morgan fingerprint density at radius 1 is 1.53 bits per heavy atom. The summed E-state index contributed by atoms with van der Waals surface area (Å²) in [5.74, 6) is 0.657. The number of hydrogen-bond donors (Lipinski definition) is 1. The van der Waals surface area contributed by atoms with Crippen molar-refractivity contribution in [1.29, 1.82) is 0 Å². The molecule has 0 aliphatic carbocycles. The van der Waals surface area contributed by atoms with E-state index in [1.807, 2.05) is 25.1 Å². The van der Waals surface area contributed by atoms with Crippen LogP contribution in [0.1, 0.15) is 11.5 Å². The number of oxazole rings is 1. The van der Waals surface area contributed by atoms with E-state index in [2.05, 4.69) is 15.0 Å². The number of fused-ring (bicyclic) bond motifs is 1. The predicted molar refractivity (Wildman–Crippen MR) is 62.9 cm³/mol. The molecule has 1 N–H and O–H groups in total. The number of carbonyl (C=O) groups is 1. The van der Waals surface area contributed by atoms with Crippen LogP contribution in [0, 0.1) is 6.92 Å². The molecule has 0 aliphatic heterocycles. The van der Waals surface area contributed by atoms with Crippen molar-refractivity contribution < 1.29 is 13.9 Å². The van der Waals surface area contributed by atoms with E-state index in [0.29, 0.717) is 12.4 Å². The lowest BCUT2D eigenvalue weighted by Crippen LogP contribution is -2.25. The van der Waals surface area contributed by atoms with Crippen molar-refractivity contribution in [3.63, 3.8) is 0 Å². The predicted octanol–water partition coefficient (Wildman–Crippen LogP) is 2.03. The number of alkyl carbamates (subject to hydrolysis) is 1. The van der Waals surface area contributed by atoms with E-state index in [1.54, 1.807) is 0 Å². The van der Waals surface area contributed by atoms with Gasteiger partial charge in [-0.2, -0.15) is 0 Å². The second kappa shape index (κ2) is 4.86. The van der Waals surface area contributed by atoms with E-state index < -0.39 is 6.09 Å². The van der Waals surface area contributed by atoms with Gasteiger partial charge in [-0.05, 0) is 24.1 Å². The fourth-order valence-electron chi connectivity index (χ4n) is 1.62. The number of ether oxygens (including phenoxy) is 1. The van der Waals surface area contributed by atoms with Crippen molar-refractivity contribution in [3.8, 4) is 0 Å². The Morgan fingerprint density at radius 2 is 2.35 bits per heavy atom. The quantitative estimate of drug-likeness (QED) is 0.882. The lowest BCUT2D eigenvalue weighted by atomic mass is 10.1. The van der Waals surface area contributed by atoms with E-state index in [0.717, 1.165) is 23.1 Å². The molecule has 0 bridgehead atoms. The van der Waals surface area contributed by atoms with Gasteiger partial charge in [0, 0.05) is 13.5 Å². The summed E-state index contributed by atoms with van der Waals surface area (Å²) >= 11 is 0. The lowest BCUT2D eigenvalue weighted by Gasteiger charge is -2.03. The molecule has 17 heavy (non-hydrogen) atoms. The van der Waals surface area contributed by atoms with Gasteiger partial charge < -0.3 is 14.5 Å². The summed E-state index contributed by atoms with van der Waals surface area (Å²) in [4.78, 5) is 15.1. The van der Waals surface area contributed by atoms with Crippen LogP contribution in [0.5, 0.6) is 0 Å². The fraction of sp³-hybridized carbons (Fsp3) is 0.333. The Bertz CT molecular complexity index is 534. The van der Waals surface area contributed by atoms with Crippen LogP contribution in [-0.2, 0) is 11.2 Å². The maximum absolute atomic E-state index is 10.9. The van der Waals surface area contributed by atoms with Gasteiger partial charge in [0.2, 0.25) is 0 Å². The van der Waals surface area contributed by atoms with Gasteiger partial charge in [0.25, 0.3) is 0 Å². The van der Waals surface area contributed by atoms with Gasteiger partial charge in [-0.15, -0.1) is 0 Å². The molecule has 0 unspecified atom stereocenters. The summed E-state index contributed by atoms with van der Waals surface area (Å²) in [7, 11) is 1.35. The molecule has 1 aromatic heterocycles. The van der Waals surface area contributed by atoms with Crippen molar-refractivity contribution >= 4 is 17.2 Å². The average molecular weight is 234 g/mol. The van der Waals surface area contributed by atoms with Gasteiger partial charge >= 0.3 is 6.09 Å². The molecular weight excluding hydrogens is 220 g/mol. The molecule has 0 saturated heterocycles. The van der Waals surface area contributed by atoms with Crippen LogP contribution in [-0.4, -0.2) is 24.7 Å². The number of amides is 1. The Balaban J connectivity index is 2.01. The number of methoxy groups -OCH3 is 1. The number of benzene rings is 1. The Hall–Kier alpha value is -2.04. The monoisotopic (exact) mass is 234 g/mol. The molecule has 5 nitrogen and oxygen atoms in total. The largest absolute Gasteiger partial charge is 0.453 e. The zero-order valence-corrected chi connectivity index (χ0v) is 9.82. The summed E-state index contributed by atoms with van der Waals surface area (Å²) in [5, 5.41) is 2.63. The molecule has 2 aromatic rings. The number of nitrogens with zero attached hydrogens (tertiary/aromatic N) is 1. The van der Waals surface area contributed by atoms with E-state index in [1.165, 1.54) is 7.11 Å². The molecule has 1 aromatic carbocycles. The SMILES string of the molecule is COC(=O)NCCc1ccc2nc(C)oc2c1. The third-order valence-corrected chi connectivity index (χ3v) is 2.43. The first-order chi connectivity index (χ1) is 8.19. The van der Waals surface area contributed by atoms with Crippen molar-refractivity contribution in [2.24, 2.45) is 0 Å². The first-order valence-electron chi connectivity index (χ1n) is 5.37. The maximum atomic E-state index is 10.9. The molecule has 0 radical (unpaired) electrons. The molecule has 1 heterocycles. The standard InChI is InChI=1S/C12H14N2O3/c1-8-14-10-4-3-9(7-11(10)17-8)5-6-13-12(15)16-2/h3-4,7H,5-6H2,1-2H3,(H,13,15). The zero-order valence-electron chi connectivity index (χ0n) is 9.82. The van der Waals surface area contributed by atoms with Crippen LogP contribution in [0.25, 0.3) is 11.1 Å². The highest BCUT2D eigenvalue weighted by Gasteiger charge is 2.03. The Labute approximate surface area is 98.8 Å². The number of aryl methyl sites for hydroxylation is 1. The van der Waals surface area contributed by atoms with Crippen LogP contribution >= 0.6 is 0 Å². The third-order valence-electron chi connectivity index (χ3n) is 2.43. The summed E-state index contributed by atoms with van der Waals surface area (Å²) in [6.45, 7) is 2.35. The van der Waals surface area contributed by atoms with Crippen LogP contribution in [0.3, 0.4) is 0 Å². The lowest BCUT2D eigenvalue weighted by molar-refractivity contribution is 0.171. The highest BCUT2D eigenvalue weighted by molar-refractivity contribution is 5.73. The van der Waals surface area contributed by atoms with Gasteiger partial charge in [0.05, 0.1) is 7.11 Å². The minimum atomic E-state index is -0.415. The van der Waals surface area contributed by atoms with E-state index in [-0.39, 0.29) is 0 Å². The summed E-state index contributed by atoms with van der Waals surface area (Å²) in [6, 6.07) is 5.83. The zero-order chi connectivity index (χ0) is 12.3. The molecule has 0 atom stereocenters. The van der Waals surface area contributed by atoms with Crippen molar-refractivity contribution in [2.75, 3.05) is 13.7 Å². The molecule has 90 valence electrons. The van der Waals surface area contributed by atoms with E-state index in [4.69, 9.17) is 4.42 Å². The molecule has 0 aliphatic rings. The summed E-state index contributed by atoms with van der Waals surface area (Å²) in [6.07, 6.45) is 0.312. The summed E-state index contributed by atoms with van der Waals surface area (Å²) < 4.78 is 9.92. The van der Waals surface area contributed by atoms with Gasteiger partial charge in [-0.25, -0.2) is 9.78 Å². The van der Waals surface area contributed by atoms with Crippen molar-refractivity contribution in [3.05, 3.63) is 29.7 Å². The van der Waals surface area contributed by atoms with Gasteiger partial charge in [-0.3, -0.25) is 0 Å². The number of hydrogen-bond acceptors (Lipinski definition) is 4. The minimum absolute atomic E-state index is 0.415. The highest BCUT2D eigenvalue weighted by Crippen LogP contribution is 2.16. The Kier molecular flexibility index (Phi) is 3.27. The molecule has 5 heteroatoms. The van der Waals surface area contributed by atoms with E-state index >= 15 is 0 Å². The molecule has 0 spiro atoms. The fourth-order valence-corrected chi connectivity index (χ4v) is 1.62. The van der Waals surface area contributed by atoms with E-state index in [9.17, 15) is 4.79 Å². The van der Waals surface area contributed by atoms with Crippen LogP contribution < -0.4 is 5.32 Å².